The van der Waals surface area contributed by atoms with Gasteiger partial charge in [-0.25, -0.2) is 4.98 Å². The average Bonchev–Trinajstić information content (AvgIpc) is 3.04. The van der Waals surface area contributed by atoms with Gasteiger partial charge in [-0.05, 0) is 32.7 Å². The van der Waals surface area contributed by atoms with Crippen LogP contribution in [0.2, 0.25) is 0 Å². The van der Waals surface area contributed by atoms with Crippen molar-refractivity contribution in [2.24, 2.45) is 5.92 Å². The van der Waals surface area contributed by atoms with Crippen LogP contribution in [0.15, 0.2) is 6.33 Å². The number of anilines is 2. The lowest BCUT2D eigenvalue weighted by Gasteiger charge is -2.20. The normalized spacial score (nSPS) is 20.1. The van der Waals surface area contributed by atoms with Crippen LogP contribution in [0.4, 0.5) is 11.8 Å². The molecule has 3 rings (SSSR count). The number of imidazole rings is 1. The lowest BCUT2D eigenvalue weighted by atomic mass is 10.1. The predicted molar refractivity (Wildman–Crippen MR) is 79.4 cm³/mol. The molecule has 1 atom stereocenters. The molecule has 4 N–H and O–H groups in total. The molecule has 2 aromatic rings. The number of H-pyrrole nitrogens is 1. The van der Waals surface area contributed by atoms with Gasteiger partial charge in [0.15, 0.2) is 11.5 Å². The fourth-order valence-electron chi connectivity index (χ4n) is 2.72. The summed E-state index contributed by atoms with van der Waals surface area (Å²) in [6, 6.07) is 0.619. The van der Waals surface area contributed by atoms with E-state index in [1.807, 2.05) is 0 Å². The molecule has 3 heterocycles. The van der Waals surface area contributed by atoms with Gasteiger partial charge < -0.3 is 20.9 Å². The number of nitrogens with zero attached hydrogens (tertiary/aromatic N) is 4. The van der Waals surface area contributed by atoms with E-state index in [-0.39, 0.29) is 5.95 Å². The zero-order chi connectivity index (χ0) is 14.1. The molecule has 0 amide bonds. The van der Waals surface area contributed by atoms with Crippen molar-refractivity contribution in [3.8, 4) is 0 Å². The Morgan fingerprint density at radius 2 is 2.35 bits per heavy atom. The first-order chi connectivity index (χ1) is 9.63. The fourth-order valence-corrected chi connectivity index (χ4v) is 2.72. The van der Waals surface area contributed by atoms with Gasteiger partial charge in [0.25, 0.3) is 0 Å². The summed E-state index contributed by atoms with van der Waals surface area (Å²) in [6.45, 7) is 7.70. The van der Waals surface area contributed by atoms with Gasteiger partial charge in [0.1, 0.15) is 5.52 Å². The lowest BCUT2D eigenvalue weighted by Crippen LogP contribution is -2.29. The summed E-state index contributed by atoms with van der Waals surface area (Å²) in [5.41, 5.74) is 7.13. The number of likely N-dealkylation sites (tertiary alicyclic amines) is 1. The number of fused-ring (bicyclic) bond motifs is 1. The molecule has 0 saturated carbocycles. The molecule has 1 saturated heterocycles. The smallest absolute Gasteiger partial charge is 0.224 e. The summed E-state index contributed by atoms with van der Waals surface area (Å²) < 4.78 is 0. The minimum Gasteiger partial charge on any atom is -0.368 e. The molecule has 0 bridgehead atoms. The van der Waals surface area contributed by atoms with E-state index in [0.29, 0.717) is 17.6 Å². The summed E-state index contributed by atoms with van der Waals surface area (Å²) in [4.78, 5) is 18.0. The Labute approximate surface area is 118 Å². The molecule has 1 fully saturated rings. The monoisotopic (exact) mass is 275 g/mol. The van der Waals surface area contributed by atoms with Gasteiger partial charge in [-0.2, -0.15) is 9.97 Å². The number of hydrogen-bond donors (Lipinski definition) is 3. The molecule has 108 valence electrons. The topological polar surface area (TPSA) is 95.8 Å². The highest BCUT2D eigenvalue weighted by Gasteiger charge is 2.24. The molecular formula is C13H21N7. The van der Waals surface area contributed by atoms with E-state index in [0.717, 1.165) is 24.4 Å². The maximum atomic E-state index is 5.71. The maximum absolute atomic E-state index is 5.71. The van der Waals surface area contributed by atoms with E-state index >= 15 is 0 Å². The van der Waals surface area contributed by atoms with Gasteiger partial charge in [-0.1, -0.05) is 0 Å². The molecule has 7 heteroatoms. The average molecular weight is 275 g/mol. The number of nitrogen functional groups attached to an aromatic ring is 1. The van der Waals surface area contributed by atoms with Crippen LogP contribution in [0, 0.1) is 5.92 Å². The first-order valence-electron chi connectivity index (χ1n) is 7.08. The molecule has 0 radical (unpaired) electrons. The second kappa shape index (κ2) is 5.24. The van der Waals surface area contributed by atoms with Crippen molar-refractivity contribution < 1.29 is 0 Å². The second-order valence-electron chi connectivity index (χ2n) is 5.66. The Hall–Kier alpha value is -1.89. The summed E-state index contributed by atoms with van der Waals surface area (Å²) >= 11 is 0. The lowest BCUT2D eigenvalue weighted by molar-refractivity contribution is 0.266. The van der Waals surface area contributed by atoms with E-state index in [1.165, 1.54) is 13.0 Å². The quantitative estimate of drug-likeness (QED) is 0.772. The van der Waals surface area contributed by atoms with Crippen molar-refractivity contribution in [1.29, 1.82) is 0 Å². The van der Waals surface area contributed by atoms with Crippen LogP contribution >= 0.6 is 0 Å². The highest BCUT2D eigenvalue weighted by Crippen LogP contribution is 2.21. The van der Waals surface area contributed by atoms with Crippen LogP contribution in [-0.4, -0.2) is 50.5 Å². The van der Waals surface area contributed by atoms with Gasteiger partial charge in [-0.3, -0.25) is 0 Å². The second-order valence-corrected chi connectivity index (χ2v) is 5.66. The van der Waals surface area contributed by atoms with Crippen LogP contribution in [0.3, 0.4) is 0 Å². The number of rotatable bonds is 4. The van der Waals surface area contributed by atoms with Gasteiger partial charge in [-0.15, -0.1) is 0 Å². The molecule has 20 heavy (non-hydrogen) atoms. The predicted octanol–water partition coefficient (Wildman–Crippen LogP) is 1.08. The minimum atomic E-state index is 0.252. The first kappa shape index (κ1) is 13.1. The number of hydrogen-bond acceptors (Lipinski definition) is 6. The third kappa shape index (κ3) is 2.53. The summed E-state index contributed by atoms with van der Waals surface area (Å²) in [6.07, 6.45) is 2.83. The third-order valence-corrected chi connectivity index (χ3v) is 3.91. The van der Waals surface area contributed by atoms with Crippen molar-refractivity contribution in [1.82, 2.24) is 24.8 Å². The van der Waals surface area contributed by atoms with Crippen LogP contribution in [0.1, 0.15) is 20.3 Å². The standard InChI is InChI=1S/C13H21N7/c1-8(2)20-4-3-9(6-20)5-15-11-10-12(17-7-16-10)19-13(14)18-11/h7-9H,3-6H2,1-2H3,(H4,14,15,16,17,18,19). The molecular weight excluding hydrogens is 254 g/mol. The summed E-state index contributed by atoms with van der Waals surface area (Å²) in [5.74, 6) is 1.64. The molecule has 2 aromatic heterocycles. The number of aromatic nitrogens is 4. The largest absolute Gasteiger partial charge is 0.368 e. The number of nitrogens with one attached hydrogen (secondary N) is 2. The molecule has 0 spiro atoms. The maximum Gasteiger partial charge on any atom is 0.224 e. The molecule has 1 aliphatic rings. The van der Waals surface area contributed by atoms with Crippen molar-refractivity contribution in [2.75, 3.05) is 30.7 Å². The fraction of sp³-hybridized carbons (Fsp3) is 0.615. The first-order valence-corrected chi connectivity index (χ1v) is 7.08. The Balaban J connectivity index is 1.67. The SMILES string of the molecule is CC(C)N1CCC(CNc2nc(N)nc3nc[nH]c23)C1. The molecule has 7 nitrogen and oxygen atoms in total. The van der Waals surface area contributed by atoms with Crippen LogP contribution in [0.5, 0.6) is 0 Å². The minimum absolute atomic E-state index is 0.252. The molecule has 0 aromatic carbocycles. The summed E-state index contributed by atoms with van der Waals surface area (Å²) in [7, 11) is 0. The van der Waals surface area contributed by atoms with E-state index in [2.05, 4.69) is 44.0 Å². The van der Waals surface area contributed by atoms with Crippen LogP contribution < -0.4 is 11.1 Å². The Kier molecular flexibility index (Phi) is 3.43. The van der Waals surface area contributed by atoms with Gasteiger partial charge in [0.2, 0.25) is 5.95 Å². The van der Waals surface area contributed by atoms with Crippen molar-refractivity contribution >= 4 is 22.9 Å². The van der Waals surface area contributed by atoms with Crippen LogP contribution in [0.25, 0.3) is 11.2 Å². The Bertz CT molecular complexity index is 591. The highest BCUT2D eigenvalue weighted by molar-refractivity contribution is 5.83. The van der Waals surface area contributed by atoms with Crippen molar-refractivity contribution in [2.45, 2.75) is 26.3 Å². The Morgan fingerprint density at radius 1 is 1.50 bits per heavy atom. The molecule has 1 aliphatic heterocycles. The zero-order valence-corrected chi connectivity index (χ0v) is 11.9. The van der Waals surface area contributed by atoms with E-state index < -0.39 is 0 Å². The highest BCUT2D eigenvalue weighted by atomic mass is 15.2. The number of nitrogens with two attached hydrogens (primary N) is 1. The zero-order valence-electron chi connectivity index (χ0n) is 11.9. The van der Waals surface area contributed by atoms with Gasteiger partial charge >= 0.3 is 0 Å². The third-order valence-electron chi connectivity index (χ3n) is 3.91. The molecule has 0 aliphatic carbocycles. The number of aromatic amines is 1. The Morgan fingerprint density at radius 3 is 3.10 bits per heavy atom. The molecule has 1 unspecified atom stereocenters. The summed E-state index contributed by atoms with van der Waals surface area (Å²) in [5, 5.41) is 3.39. The van der Waals surface area contributed by atoms with Crippen LogP contribution in [-0.2, 0) is 0 Å². The van der Waals surface area contributed by atoms with E-state index in [4.69, 9.17) is 5.73 Å². The van der Waals surface area contributed by atoms with Gasteiger partial charge in [0, 0.05) is 19.1 Å². The van der Waals surface area contributed by atoms with E-state index in [9.17, 15) is 0 Å². The van der Waals surface area contributed by atoms with E-state index in [1.54, 1.807) is 6.33 Å². The van der Waals surface area contributed by atoms with Gasteiger partial charge in [0.05, 0.1) is 6.33 Å². The van der Waals surface area contributed by atoms with Crippen molar-refractivity contribution in [3.63, 3.8) is 0 Å². The van der Waals surface area contributed by atoms with Crippen molar-refractivity contribution in [3.05, 3.63) is 6.33 Å².